The van der Waals surface area contributed by atoms with Crippen LogP contribution in [0.1, 0.15) is 44.8 Å². The monoisotopic (exact) mass is 394 g/mol. The molecule has 3 aliphatic heterocycles. The van der Waals surface area contributed by atoms with E-state index in [4.69, 9.17) is 9.47 Å². The molecule has 0 bridgehead atoms. The Morgan fingerprint density at radius 2 is 1.81 bits per heavy atom. The maximum Gasteiger partial charge on any atom is 0.281 e. The highest BCUT2D eigenvalue weighted by atomic mass is 32.2. The molecule has 4 rings (SSSR count). The van der Waals surface area contributed by atoms with E-state index in [1.165, 1.54) is 4.31 Å². The lowest BCUT2D eigenvalue weighted by molar-refractivity contribution is -0.172. The van der Waals surface area contributed by atoms with Gasteiger partial charge in [0.1, 0.15) is 11.4 Å². The van der Waals surface area contributed by atoms with E-state index >= 15 is 0 Å². The van der Waals surface area contributed by atoms with Gasteiger partial charge in [0.25, 0.3) is 10.2 Å². The zero-order valence-electron chi connectivity index (χ0n) is 16.6. The summed E-state index contributed by atoms with van der Waals surface area (Å²) in [7, 11) is -0.159. The zero-order chi connectivity index (χ0) is 19.4. The molecule has 1 aromatic rings. The van der Waals surface area contributed by atoms with Gasteiger partial charge in [-0.05, 0) is 44.6 Å². The summed E-state index contributed by atoms with van der Waals surface area (Å²) in [5, 5.41) is 0. The van der Waals surface area contributed by atoms with Gasteiger partial charge in [-0.3, -0.25) is 0 Å². The van der Waals surface area contributed by atoms with Gasteiger partial charge in [-0.1, -0.05) is 18.2 Å². The molecular weight excluding hydrogens is 364 g/mol. The Labute approximate surface area is 162 Å². The summed E-state index contributed by atoms with van der Waals surface area (Å²) in [6.45, 7) is 6.09. The van der Waals surface area contributed by atoms with Crippen LogP contribution in [0.25, 0.3) is 0 Å². The number of para-hydroxylation sites is 1. The van der Waals surface area contributed by atoms with E-state index in [9.17, 15) is 8.42 Å². The molecule has 0 N–H and O–H groups in total. The number of hydrogen-bond acceptors (Lipinski definition) is 4. The molecule has 0 saturated carbocycles. The van der Waals surface area contributed by atoms with Crippen molar-refractivity contribution in [2.75, 3.05) is 33.8 Å². The third kappa shape index (κ3) is 3.18. The average molecular weight is 395 g/mol. The van der Waals surface area contributed by atoms with E-state index in [0.717, 1.165) is 30.6 Å². The first-order chi connectivity index (χ1) is 12.6. The fraction of sp³-hybridized carbons (Fsp3) is 0.700. The molecule has 1 spiro atoms. The molecular formula is C20H30N2O4S. The van der Waals surface area contributed by atoms with Crippen molar-refractivity contribution in [3.8, 4) is 5.75 Å². The first-order valence-electron chi connectivity index (χ1n) is 9.72. The van der Waals surface area contributed by atoms with Gasteiger partial charge in [0.05, 0.1) is 12.7 Å². The molecule has 0 amide bonds. The second-order valence-corrected chi connectivity index (χ2v) is 11.1. The van der Waals surface area contributed by atoms with Crippen molar-refractivity contribution in [3.63, 3.8) is 0 Å². The Morgan fingerprint density at radius 3 is 2.48 bits per heavy atom. The average Bonchev–Trinajstić information content (AvgIpc) is 2.62. The Kier molecular flexibility index (Phi) is 4.57. The third-order valence-corrected chi connectivity index (χ3v) is 8.59. The normalized spacial score (nSPS) is 29.8. The SMILES string of the molecule is CN(C)S(=O)(=O)N1CCC2(CC1)CO[C@@H]1c3ccccc3OC(C)(C)[C@H]1C2. The van der Waals surface area contributed by atoms with Crippen LogP contribution >= 0.6 is 0 Å². The van der Waals surface area contributed by atoms with Gasteiger partial charge in [-0.2, -0.15) is 17.0 Å². The van der Waals surface area contributed by atoms with Crippen molar-refractivity contribution >= 4 is 10.2 Å². The van der Waals surface area contributed by atoms with Crippen LogP contribution in [0.5, 0.6) is 5.75 Å². The van der Waals surface area contributed by atoms with Crippen LogP contribution in [0.4, 0.5) is 0 Å². The fourth-order valence-corrected chi connectivity index (χ4v) is 5.98. The molecule has 6 nitrogen and oxygen atoms in total. The Morgan fingerprint density at radius 1 is 1.15 bits per heavy atom. The smallest absolute Gasteiger partial charge is 0.281 e. The molecule has 27 heavy (non-hydrogen) atoms. The third-order valence-electron chi connectivity index (χ3n) is 6.65. The van der Waals surface area contributed by atoms with Gasteiger partial charge in [0.2, 0.25) is 0 Å². The quantitative estimate of drug-likeness (QED) is 0.774. The fourth-order valence-electron chi connectivity index (χ4n) is 4.87. The van der Waals surface area contributed by atoms with Crippen LogP contribution in [0.2, 0.25) is 0 Å². The summed E-state index contributed by atoms with van der Waals surface area (Å²) in [4.78, 5) is 0. The van der Waals surface area contributed by atoms with Crippen molar-refractivity contribution in [3.05, 3.63) is 29.8 Å². The molecule has 150 valence electrons. The maximum atomic E-state index is 12.4. The molecule has 2 fully saturated rings. The summed E-state index contributed by atoms with van der Waals surface area (Å²) in [5.74, 6) is 1.18. The maximum absolute atomic E-state index is 12.4. The van der Waals surface area contributed by atoms with E-state index in [2.05, 4.69) is 19.9 Å². The van der Waals surface area contributed by atoms with Crippen LogP contribution in [0, 0.1) is 11.3 Å². The van der Waals surface area contributed by atoms with Crippen molar-refractivity contribution in [1.29, 1.82) is 0 Å². The predicted molar refractivity (Wildman–Crippen MR) is 104 cm³/mol. The first-order valence-corrected chi connectivity index (χ1v) is 11.1. The van der Waals surface area contributed by atoms with Crippen molar-refractivity contribution < 1.29 is 17.9 Å². The van der Waals surface area contributed by atoms with Crippen LogP contribution in [0.15, 0.2) is 24.3 Å². The molecule has 7 heteroatoms. The summed E-state index contributed by atoms with van der Waals surface area (Å²) < 4.78 is 40.5. The minimum absolute atomic E-state index is 0.0341. The molecule has 3 heterocycles. The second kappa shape index (κ2) is 6.44. The second-order valence-electron chi connectivity index (χ2n) is 8.97. The first kappa shape index (κ1) is 19.2. The van der Waals surface area contributed by atoms with Crippen LogP contribution in [0.3, 0.4) is 0 Å². The van der Waals surface area contributed by atoms with E-state index in [1.54, 1.807) is 18.4 Å². The summed E-state index contributed by atoms with van der Waals surface area (Å²) in [5.41, 5.74) is 0.871. The number of benzene rings is 1. The number of fused-ring (bicyclic) bond motifs is 3. The van der Waals surface area contributed by atoms with Crippen LogP contribution in [-0.4, -0.2) is 56.4 Å². The lowest BCUT2D eigenvalue weighted by atomic mass is 9.64. The van der Waals surface area contributed by atoms with Crippen molar-refractivity contribution in [2.45, 2.75) is 44.8 Å². The van der Waals surface area contributed by atoms with E-state index in [-0.39, 0.29) is 23.0 Å². The van der Waals surface area contributed by atoms with Gasteiger partial charge in [0, 0.05) is 38.7 Å². The number of nitrogens with zero attached hydrogens (tertiary/aromatic N) is 2. The largest absolute Gasteiger partial charge is 0.487 e. The van der Waals surface area contributed by atoms with Crippen molar-refractivity contribution in [1.82, 2.24) is 8.61 Å². The van der Waals surface area contributed by atoms with Gasteiger partial charge in [0.15, 0.2) is 0 Å². The lowest BCUT2D eigenvalue weighted by Crippen LogP contribution is -2.55. The van der Waals surface area contributed by atoms with Gasteiger partial charge in [-0.15, -0.1) is 0 Å². The Hall–Kier alpha value is -1.15. The number of piperidine rings is 1. The summed E-state index contributed by atoms with van der Waals surface area (Å²) in [6.07, 6.45) is 2.73. The summed E-state index contributed by atoms with van der Waals surface area (Å²) >= 11 is 0. The van der Waals surface area contributed by atoms with Crippen LogP contribution < -0.4 is 4.74 Å². The van der Waals surface area contributed by atoms with E-state index in [1.807, 2.05) is 18.2 Å². The molecule has 1 aromatic carbocycles. The standard InChI is InChI=1S/C20H30N2O4S/c1-19(2)16-13-20(9-11-22(12-10-20)27(23,24)21(3)4)14-25-18(16)15-7-5-6-8-17(15)26-19/h5-8,16,18H,9-14H2,1-4H3/t16-,18+/m0/s1. The van der Waals surface area contributed by atoms with E-state index < -0.39 is 10.2 Å². The minimum Gasteiger partial charge on any atom is -0.487 e. The Balaban J connectivity index is 1.54. The molecule has 2 atom stereocenters. The lowest BCUT2D eigenvalue weighted by Gasteiger charge is -2.54. The zero-order valence-corrected chi connectivity index (χ0v) is 17.5. The highest BCUT2D eigenvalue weighted by molar-refractivity contribution is 7.86. The Bertz CT molecular complexity index is 813. The van der Waals surface area contributed by atoms with Gasteiger partial charge in [-0.25, -0.2) is 0 Å². The number of rotatable bonds is 2. The number of ether oxygens (including phenoxy) is 2. The number of hydrogen-bond donors (Lipinski definition) is 0. The molecule has 0 aliphatic carbocycles. The highest BCUT2D eigenvalue weighted by Gasteiger charge is 2.53. The summed E-state index contributed by atoms with van der Waals surface area (Å²) in [6, 6.07) is 8.16. The van der Waals surface area contributed by atoms with Crippen molar-refractivity contribution in [2.24, 2.45) is 11.3 Å². The predicted octanol–water partition coefficient (Wildman–Crippen LogP) is 2.82. The topological polar surface area (TPSA) is 59.1 Å². The molecule has 0 radical (unpaired) electrons. The molecule has 3 aliphatic rings. The highest BCUT2D eigenvalue weighted by Crippen LogP contribution is 2.55. The minimum atomic E-state index is -3.34. The molecule has 0 unspecified atom stereocenters. The van der Waals surface area contributed by atoms with E-state index in [0.29, 0.717) is 19.7 Å². The van der Waals surface area contributed by atoms with Gasteiger partial charge < -0.3 is 9.47 Å². The molecule has 2 saturated heterocycles. The molecule has 0 aromatic heterocycles. The van der Waals surface area contributed by atoms with Gasteiger partial charge >= 0.3 is 0 Å². The van der Waals surface area contributed by atoms with Crippen LogP contribution in [-0.2, 0) is 14.9 Å².